The van der Waals surface area contributed by atoms with Crippen molar-refractivity contribution in [1.29, 1.82) is 0 Å². The number of hydrogen-bond acceptors (Lipinski definition) is 2. The van der Waals surface area contributed by atoms with E-state index < -0.39 is 17.5 Å². The lowest BCUT2D eigenvalue weighted by molar-refractivity contribution is 0.0705. The van der Waals surface area contributed by atoms with Gasteiger partial charge in [-0.05, 0) is 31.0 Å². The average Bonchev–Trinajstić information content (AvgIpc) is 2.41. The summed E-state index contributed by atoms with van der Waals surface area (Å²) >= 11 is 4.92. The topological polar surface area (TPSA) is 46.3 Å². The molecule has 0 aromatic heterocycles. The van der Waals surface area contributed by atoms with Gasteiger partial charge in [0.1, 0.15) is 11.6 Å². The molecule has 1 aliphatic heterocycles. The zero-order valence-corrected chi connectivity index (χ0v) is 11.1. The number of benzene rings is 1. The smallest absolute Gasteiger partial charge is 0.256 e. The standard InChI is InChI=1S/C13H14F2N2OS/c14-9-1-2-11(15)10(7-9)13(18)17-5-3-8(4-6-17)12(16)19/h1-2,7-8H,3-6H2,(H2,16,19). The van der Waals surface area contributed by atoms with Crippen LogP contribution >= 0.6 is 12.2 Å². The number of nitrogens with two attached hydrogens (primary N) is 1. The molecule has 1 heterocycles. The first-order valence-corrected chi connectivity index (χ1v) is 6.43. The first kappa shape index (κ1) is 13.9. The second kappa shape index (κ2) is 5.61. The second-order valence-electron chi connectivity index (χ2n) is 4.59. The van der Waals surface area contributed by atoms with Crippen LogP contribution in [0.25, 0.3) is 0 Å². The second-order valence-corrected chi connectivity index (χ2v) is 5.06. The summed E-state index contributed by atoms with van der Waals surface area (Å²) in [5.41, 5.74) is 5.33. The fourth-order valence-corrected chi connectivity index (χ4v) is 2.43. The largest absolute Gasteiger partial charge is 0.393 e. The van der Waals surface area contributed by atoms with Crippen molar-refractivity contribution in [3.63, 3.8) is 0 Å². The summed E-state index contributed by atoms with van der Waals surface area (Å²) in [5.74, 6) is -1.69. The monoisotopic (exact) mass is 284 g/mol. The van der Waals surface area contributed by atoms with Crippen LogP contribution in [0.15, 0.2) is 18.2 Å². The number of halogens is 2. The highest BCUT2D eigenvalue weighted by atomic mass is 32.1. The summed E-state index contributed by atoms with van der Waals surface area (Å²) in [7, 11) is 0. The van der Waals surface area contributed by atoms with Crippen LogP contribution in [0.2, 0.25) is 0 Å². The Labute approximate surface area is 115 Å². The Bertz CT molecular complexity index is 513. The zero-order chi connectivity index (χ0) is 14.0. The number of piperidine rings is 1. The molecule has 0 unspecified atom stereocenters. The van der Waals surface area contributed by atoms with Gasteiger partial charge in [-0.25, -0.2) is 8.78 Å². The van der Waals surface area contributed by atoms with E-state index in [2.05, 4.69) is 0 Å². The Morgan fingerprint density at radius 1 is 1.32 bits per heavy atom. The third kappa shape index (κ3) is 3.07. The van der Waals surface area contributed by atoms with E-state index in [0.717, 1.165) is 18.2 Å². The van der Waals surface area contributed by atoms with Crippen LogP contribution in [0.3, 0.4) is 0 Å². The summed E-state index contributed by atoms with van der Waals surface area (Å²) in [6.07, 6.45) is 1.33. The van der Waals surface area contributed by atoms with E-state index in [9.17, 15) is 13.6 Å². The number of likely N-dealkylation sites (tertiary alicyclic amines) is 1. The molecule has 1 amide bonds. The number of carbonyl (C=O) groups is 1. The number of hydrogen-bond donors (Lipinski definition) is 1. The molecule has 0 spiro atoms. The molecule has 1 aliphatic rings. The van der Waals surface area contributed by atoms with Gasteiger partial charge in [0.05, 0.1) is 10.6 Å². The van der Waals surface area contributed by atoms with E-state index >= 15 is 0 Å². The van der Waals surface area contributed by atoms with Crippen LogP contribution in [0.5, 0.6) is 0 Å². The summed E-state index contributed by atoms with van der Waals surface area (Å²) < 4.78 is 26.6. The highest BCUT2D eigenvalue weighted by molar-refractivity contribution is 7.80. The molecular weight excluding hydrogens is 270 g/mol. The van der Waals surface area contributed by atoms with E-state index in [1.165, 1.54) is 4.90 Å². The number of amides is 1. The summed E-state index contributed by atoms with van der Waals surface area (Å²) in [6, 6.07) is 2.88. The van der Waals surface area contributed by atoms with Crippen molar-refractivity contribution in [3.8, 4) is 0 Å². The number of rotatable bonds is 2. The third-order valence-electron chi connectivity index (χ3n) is 3.34. The lowest BCUT2D eigenvalue weighted by Gasteiger charge is -2.31. The fourth-order valence-electron chi connectivity index (χ4n) is 2.20. The normalized spacial score (nSPS) is 16.4. The van der Waals surface area contributed by atoms with Crippen LogP contribution in [-0.4, -0.2) is 28.9 Å². The molecule has 0 saturated carbocycles. The molecule has 6 heteroatoms. The molecule has 2 rings (SSSR count). The summed E-state index contributed by atoms with van der Waals surface area (Å²) in [4.78, 5) is 14.1. The van der Waals surface area contributed by atoms with Crippen LogP contribution in [0.4, 0.5) is 8.78 Å². The average molecular weight is 284 g/mol. The van der Waals surface area contributed by atoms with E-state index in [4.69, 9.17) is 18.0 Å². The van der Waals surface area contributed by atoms with Crippen molar-refractivity contribution >= 4 is 23.1 Å². The van der Waals surface area contributed by atoms with Gasteiger partial charge in [0.2, 0.25) is 0 Å². The van der Waals surface area contributed by atoms with Gasteiger partial charge < -0.3 is 10.6 Å². The Hall–Kier alpha value is -1.56. The zero-order valence-electron chi connectivity index (χ0n) is 10.2. The maximum Gasteiger partial charge on any atom is 0.256 e. The number of nitrogens with zero attached hydrogens (tertiary/aromatic N) is 1. The van der Waals surface area contributed by atoms with Crippen molar-refractivity contribution in [2.75, 3.05) is 13.1 Å². The van der Waals surface area contributed by atoms with Gasteiger partial charge in [-0.2, -0.15) is 0 Å². The fraction of sp³-hybridized carbons (Fsp3) is 0.385. The molecule has 102 valence electrons. The SMILES string of the molecule is NC(=S)C1CCN(C(=O)c2cc(F)ccc2F)CC1. The molecule has 1 fully saturated rings. The molecule has 1 saturated heterocycles. The van der Waals surface area contributed by atoms with Crippen molar-refractivity contribution < 1.29 is 13.6 Å². The van der Waals surface area contributed by atoms with Crippen LogP contribution in [0, 0.1) is 17.6 Å². The highest BCUT2D eigenvalue weighted by Crippen LogP contribution is 2.20. The van der Waals surface area contributed by atoms with E-state index in [1.54, 1.807) is 0 Å². The lowest BCUT2D eigenvalue weighted by atomic mass is 9.96. The minimum Gasteiger partial charge on any atom is -0.393 e. The van der Waals surface area contributed by atoms with Crippen LogP contribution in [-0.2, 0) is 0 Å². The van der Waals surface area contributed by atoms with Gasteiger partial charge >= 0.3 is 0 Å². The van der Waals surface area contributed by atoms with Crippen molar-refractivity contribution in [2.45, 2.75) is 12.8 Å². The van der Waals surface area contributed by atoms with E-state index in [0.29, 0.717) is 30.9 Å². The molecule has 19 heavy (non-hydrogen) atoms. The Kier molecular flexibility index (Phi) is 4.09. The van der Waals surface area contributed by atoms with Gasteiger partial charge in [-0.1, -0.05) is 12.2 Å². The third-order valence-corrected chi connectivity index (χ3v) is 3.68. The predicted octanol–water partition coefficient (Wildman–Crippen LogP) is 2.10. The first-order valence-electron chi connectivity index (χ1n) is 6.02. The van der Waals surface area contributed by atoms with Gasteiger partial charge in [0, 0.05) is 19.0 Å². The predicted molar refractivity (Wildman–Crippen MR) is 71.8 cm³/mol. The molecule has 1 aromatic rings. The molecule has 1 aromatic carbocycles. The summed E-state index contributed by atoms with van der Waals surface area (Å²) in [5, 5.41) is 0. The maximum absolute atomic E-state index is 13.5. The molecule has 0 radical (unpaired) electrons. The number of carbonyl (C=O) groups excluding carboxylic acids is 1. The van der Waals surface area contributed by atoms with Crippen LogP contribution < -0.4 is 5.73 Å². The molecule has 2 N–H and O–H groups in total. The first-order chi connectivity index (χ1) is 8.99. The van der Waals surface area contributed by atoms with Gasteiger partial charge in [-0.15, -0.1) is 0 Å². The summed E-state index contributed by atoms with van der Waals surface area (Å²) in [6.45, 7) is 0.910. The van der Waals surface area contributed by atoms with Crippen molar-refractivity contribution in [3.05, 3.63) is 35.4 Å². The van der Waals surface area contributed by atoms with Crippen LogP contribution in [0.1, 0.15) is 23.2 Å². The molecule has 0 atom stereocenters. The molecule has 0 aliphatic carbocycles. The lowest BCUT2D eigenvalue weighted by Crippen LogP contribution is -2.41. The Morgan fingerprint density at radius 2 is 1.95 bits per heavy atom. The quantitative estimate of drug-likeness (QED) is 0.846. The Balaban J connectivity index is 2.09. The Morgan fingerprint density at radius 3 is 2.53 bits per heavy atom. The van der Waals surface area contributed by atoms with Gasteiger partial charge in [-0.3, -0.25) is 4.79 Å². The van der Waals surface area contributed by atoms with Gasteiger partial charge in [0.25, 0.3) is 5.91 Å². The highest BCUT2D eigenvalue weighted by Gasteiger charge is 2.26. The minimum absolute atomic E-state index is 0.122. The maximum atomic E-state index is 13.5. The molecular formula is C13H14F2N2OS. The molecule has 3 nitrogen and oxygen atoms in total. The number of thiocarbonyl (C=S) groups is 1. The van der Waals surface area contributed by atoms with Crippen molar-refractivity contribution in [1.82, 2.24) is 4.90 Å². The van der Waals surface area contributed by atoms with E-state index in [-0.39, 0.29) is 11.5 Å². The minimum atomic E-state index is -0.706. The van der Waals surface area contributed by atoms with Crippen molar-refractivity contribution in [2.24, 2.45) is 11.7 Å². The molecule has 0 bridgehead atoms. The van der Waals surface area contributed by atoms with Gasteiger partial charge in [0.15, 0.2) is 0 Å². The van der Waals surface area contributed by atoms with E-state index in [1.807, 2.05) is 0 Å².